The molecule has 0 atom stereocenters. The highest BCUT2D eigenvalue weighted by molar-refractivity contribution is 7.09. The Balaban J connectivity index is 1.53. The monoisotopic (exact) mass is 373 g/mol. The first-order valence-corrected chi connectivity index (χ1v) is 9.89. The van der Waals surface area contributed by atoms with Gasteiger partial charge in [0.05, 0.1) is 24.4 Å². The Labute approximate surface area is 159 Å². The summed E-state index contributed by atoms with van der Waals surface area (Å²) in [6, 6.07) is 8.25. The molecule has 0 saturated carbocycles. The zero-order valence-corrected chi connectivity index (χ0v) is 16.6. The van der Waals surface area contributed by atoms with Crippen molar-refractivity contribution in [1.29, 1.82) is 0 Å². The number of aryl methyl sites for hydroxylation is 1. The summed E-state index contributed by atoms with van der Waals surface area (Å²) in [5, 5.41) is 6.76. The van der Waals surface area contributed by atoms with Gasteiger partial charge < -0.3 is 19.9 Å². The van der Waals surface area contributed by atoms with Gasteiger partial charge in [-0.2, -0.15) is 0 Å². The molecular weight excluding hydrogens is 346 g/mol. The van der Waals surface area contributed by atoms with Crippen LogP contribution in [-0.4, -0.2) is 56.2 Å². The number of aromatic nitrogens is 1. The standard InChI is InChI=1S/C19H27N5OS/c1-4-18-22-15(14-26-18)13-21-19(20-2)24-10-8-23(9-11-24)16-6-5-7-17(12-16)25-3/h5-7,12,14H,4,8-11,13H2,1-3H3,(H,20,21). The molecule has 1 aromatic heterocycles. The van der Waals surface area contributed by atoms with Crippen LogP contribution in [-0.2, 0) is 13.0 Å². The lowest BCUT2D eigenvalue weighted by molar-refractivity contribution is 0.371. The molecule has 6 nitrogen and oxygen atoms in total. The summed E-state index contributed by atoms with van der Waals surface area (Å²) in [4.78, 5) is 13.8. The number of aliphatic imine (C=N–C) groups is 1. The third-order valence-corrected chi connectivity index (χ3v) is 5.58. The number of hydrogen-bond acceptors (Lipinski definition) is 5. The Hall–Kier alpha value is -2.28. The summed E-state index contributed by atoms with van der Waals surface area (Å²) < 4.78 is 5.33. The quantitative estimate of drug-likeness (QED) is 0.645. The minimum Gasteiger partial charge on any atom is -0.497 e. The molecule has 1 aliphatic heterocycles. The van der Waals surface area contributed by atoms with E-state index in [1.54, 1.807) is 18.4 Å². The molecule has 0 amide bonds. The highest BCUT2D eigenvalue weighted by Gasteiger charge is 2.20. The van der Waals surface area contributed by atoms with E-state index in [2.05, 4.69) is 49.5 Å². The Morgan fingerprint density at radius 3 is 2.77 bits per heavy atom. The summed E-state index contributed by atoms with van der Waals surface area (Å²) in [6.45, 7) is 6.66. The predicted octanol–water partition coefficient (Wildman–Crippen LogP) is 2.61. The van der Waals surface area contributed by atoms with Crippen molar-refractivity contribution in [2.75, 3.05) is 45.2 Å². The fourth-order valence-corrected chi connectivity index (χ4v) is 3.82. The van der Waals surface area contributed by atoms with Crippen LogP contribution >= 0.6 is 11.3 Å². The molecule has 7 heteroatoms. The van der Waals surface area contributed by atoms with Crippen LogP contribution in [0.1, 0.15) is 17.6 Å². The lowest BCUT2D eigenvalue weighted by Gasteiger charge is -2.37. The molecule has 2 heterocycles. The van der Waals surface area contributed by atoms with E-state index in [0.29, 0.717) is 0 Å². The number of nitrogens with one attached hydrogen (secondary N) is 1. The minimum atomic E-state index is 0.721. The van der Waals surface area contributed by atoms with Crippen LogP contribution in [0.15, 0.2) is 34.6 Å². The second kappa shape index (κ2) is 8.89. The molecule has 140 valence electrons. The molecule has 2 aromatic rings. The molecule has 0 unspecified atom stereocenters. The van der Waals surface area contributed by atoms with Gasteiger partial charge in [-0.3, -0.25) is 4.99 Å². The van der Waals surface area contributed by atoms with E-state index in [9.17, 15) is 0 Å². The minimum absolute atomic E-state index is 0.721. The highest BCUT2D eigenvalue weighted by atomic mass is 32.1. The Morgan fingerprint density at radius 1 is 1.31 bits per heavy atom. The first kappa shape index (κ1) is 18.5. The molecule has 26 heavy (non-hydrogen) atoms. The zero-order valence-electron chi connectivity index (χ0n) is 15.7. The van der Waals surface area contributed by atoms with Crippen molar-refractivity contribution >= 4 is 23.0 Å². The number of anilines is 1. The average Bonchev–Trinajstić information content (AvgIpc) is 3.17. The van der Waals surface area contributed by atoms with Gasteiger partial charge in [0.15, 0.2) is 5.96 Å². The highest BCUT2D eigenvalue weighted by Crippen LogP contribution is 2.22. The molecule has 0 aliphatic carbocycles. The van der Waals surface area contributed by atoms with E-state index >= 15 is 0 Å². The number of thiazole rings is 1. The first-order valence-electron chi connectivity index (χ1n) is 9.01. The number of methoxy groups -OCH3 is 1. The maximum atomic E-state index is 5.33. The SMILES string of the molecule is CCc1nc(CNC(=NC)N2CCN(c3cccc(OC)c3)CC2)cs1. The van der Waals surface area contributed by atoms with Crippen molar-refractivity contribution in [2.24, 2.45) is 4.99 Å². The first-order chi connectivity index (χ1) is 12.7. The van der Waals surface area contributed by atoms with Crippen LogP contribution < -0.4 is 15.0 Å². The van der Waals surface area contributed by atoms with Crippen LogP contribution in [0.25, 0.3) is 0 Å². The van der Waals surface area contributed by atoms with Crippen molar-refractivity contribution in [3.05, 3.63) is 40.3 Å². The average molecular weight is 374 g/mol. The molecule has 0 radical (unpaired) electrons. The maximum absolute atomic E-state index is 5.33. The van der Waals surface area contributed by atoms with Crippen LogP contribution in [0.2, 0.25) is 0 Å². The summed E-state index contributed by atoms with van der Waals surface area (Å²) in [5.74, 6) is 1.85. The second-order valence-electron chi connectivity index (χ2n) is 6.16. The van der Waals surface area contributed by atoms with Gasteiger partial charge in [-0.05, 0) is 18.6 Å². The van der Waals surface area contributed by atoms with E-state index in [-0.39, 0.29) is 0 Å². The maximum Gasteiger partial charge on any atom is 0.194 e. The van der Waals surface area contributed by atoms with Crippen LogP contribution in [0.3, 0.4) is 0 Å². The molecule has 1 saturated heterocycles. The Morgan fingerprint density at radius 2 is 2.12 bits per heavy atom. The number of hydrogen-bond donors (Lipinski definition) is 1. The largest absolute Gasteiger partial charge is 0.497 e. The van der Waals surface area contributed by atoms with Gasteiger partial charge in [0.2, 0.25) is 0 Å². The number of guanidine groups is 1. The van der Waals surface area contributed by atoms with Crippen LogP contribution in [0.5, 0.6) is 5.75 Å². The van der Waals surface area contributed by atoms with E-state index in [1.165, 1.54) is 10.7 Å². The Bertz CT molecular complexity index is 737. The molecular formula is C19H27N5OS. The van der Waals surface area contributed by atoms with Crippen molar-refractivity contribution in [3.63, 3.8) is 0 Å². The van der Waals surface area contributed by atoms with Crippen LogP contribution in [0.4, 0.5) is 5.69 Å². The van der Waals surface area contributed by atoms with Gasteiger partial charge in [0.25, 0.3) is 0 Å². The Kier molecular flexibility index (Phi) is 6.33. The lowest BCUT2D eigenvalue weighted by atomic mass is 10.2. The fourth-order valence-electron chi connectivity index (χ4n) is 3.08. The summed E-state index contributed by atoms with van der Waals surface area (Å²) in [6.07, 6.45) is 0.992. The second-order valence-corrected chi connectivity index (χ2v) is 7.11. The number of rotatable bonds is 5. The number of ether oxygens (including phenoxy) is 1. The van der Waals surface area contributed by atoms with E-state index in [4.69, 9.17) is 4.74 Å². The summed E-state index contributed by atoms with van der Waals surface area (Å²) in [7, 11) is 3.55. The molecule has 1 fully saturated rings. The number of nitrogens with zero attached hydrogens (tertiary/aromatic N) is 4. The third-order valence-electron chi connectivity index (χ3n) is 4.54. The topological polar surface area (TPSA) is 53.0 Å². The van der Waals surface area contributed by atoms with Gasteiger partial charge in [-0.25, -0.2) is 4.98 Å². The fraction of sp³-hybridized carbons (Fsp3) is 0.474. The predicted molar refractivity (Wildman–Crippen MR) is 108 cm³/mol. The normalized spacial score (nSPS) is 15.3. The third kappa shape index (κ3) is 4.46. The van der Waals surface area contributed by atoms with E-state index in [0.717, 1.165) is 56.5 Å². The molecule has 1 aliphatic rings. The number of benzene rings is 1. The summed E-state index contributed by atoms with van der Waals surface area (Å²) in [5.41, 5.74) is 2.30. The zero-order chi connectivity index (χ0) is 18.4. The van der Waals surface area contributed by atoms with Crippen molar-refractivity contribution in [1.82, 2.24) is 15.2 Å². The molecule has 0 spiro atoms. The van der Waals surface area contributed by atoms with Gasteiger partial charge in [0, 0.05) is 50.4 Å². The van der Waals surface area contributed by atoms with Gasteiger partial charge in [-0.1, -0.05) is 13.0 Å². The van der Waals surface area contributed by atoms with Crippen molar-refractivity contribution in [2.45, 2.75) is 19.9 Å². The summed E-state index contributed by atoms with van der Waals surface area (Å²) >= 11 is 1.72. The van der Waals surface area contributed by atoms with E-state index < -0.39 is 0 Å². The molecule has 1 aromatic carbocycles. The van der Waals surface area contributed by atoms with Gasteiger partial charge in [-0.15, -0.1) is 11.3 Å². The molecule has 1 N–H and O–H groups in total. The lowest BCUT2D eigenvalue weighted by Crippen LogP contribution is -2.52. The van der Waals surface area contributed by atoms with Crippen LogP contribution in [0, 0.1) is 0 Å². The van der Waals surface area contributed by atoms with Crippen molar-refractivity contribution < 1.29 is 4.74 Å². The molecule has 0 bridgehead atoms. The molecule has 3 rings (SSSR count). The van der Waals surface area contributed by atoms with Gasteiger partial charge >= 0.3 is 0 Å². The smallest absolute Gasteiger partial charge is 0.194 e. The van der Waals surface area contributed by atoms with Crippen molar-refractivity contribution in [3.8, 4) is 5.75 Å². The number of piperazine rings is 1. The van der Waals surface area contributed by atoms with E-state index in [1.807, 2.05) is 19.2 Å². The van der Waals surface area contributed by atoms with Gasteiger partial charge in [0.1, 0.15) is 5.75 Å².